The monoisotopic (exact) mass is 346 g/mol. The second-order valence-electron chi connectivity index (χ2n) is 4.98. The summed E-state index contributed by atoms with van der Waals surface area (Å²) in [5, 5.41) is 7.29. The summed E-state index contributed by atoms with van der Waals surface area (Å²) in [5.74, 6) is -1.01. The fraction of sp³-hybridized carbons (Fsp3) is 0.118. The first-order valence-corrected chi connectivity index (χ1v) is 7.97. The third-order valence-electron chi connectivity index (χ3n) is 3.29. The van der Waals surface area contributed by atoms with Gasteiger partial charge in [0, 0.05) is 5.56 Å². The second kappa shape index (κ2) is 6.92. The lowest BCUT2D eigenvalue weighted by molar-refractivity contribution is 0.0993. The summed E-state index contributed by atoms with van der Waals surface area (Å²) in [6, 6.07) is 11.4. The molecule has 0 unspecified atom stereocenters. The van der Waals surface area contributed by atoms with Gasteiger partial charge in [0.2, 0.25) is 0 Å². The zero-order chi connectivity index (χ0) is 17.1. The Bertz CT molecular complexity index is 865. The minimum atomic E-state index is -0.510. The fourth-order valence-corrected chi connectivity index (χ4v) is 2.82. The van der Waals surface area contributed by atoms with E-state index in [1.807, 2.05) is 0 Å². The van der Waals surface area contributed by atoms with Gasteiger partial charge in [-0.05, 0) is 43.3 Å². The van der Waals surface area contributed by atoms with Crippen LogP contribution in [0.5, 0.6) is 0 Å². The summed E-state index contributed by atoms with van der Waals surface area (Å²) in [6.45, 7) is 1.68. The Morgan fingerprint density at radius 1 is 1.08 bits per heavy atom. The summed E-state index contributed by atoms with van der Waals surface area (Å²) in [6.07, 6.45) is 0. The molecule has 3 aromatic rings. The van der Waals surface area contributed by atoms with E-state index in [1.54, 1.807) is 19.1 Å². The zero-order valence-corrected chi connectivity index (χ0v) is 13.4. The van der Waals surface area contributed by atoms with Crippen molar-refractivity contribution in [3.63, 3.8) is 0 Å². The molecule has 0 radical (unpaired) electrons. The van der Waals surface area contributed by atoms with Crippen molar-refractivity contribution in [3.8, 4) is 11.5 Å². The Morgan fingerprint density at radius 2 is 1.79 bits per heavy atom. The molecular formula is C17H12F2N2O2S. The smallest absolute Gasteiger partial charge is 0.277 e. The van der Waals surface area contributed by atoms with Gasteiger partial charge in [0.1, 0.15) is 11.6 Å². The molecule has 4 nitrogen and oxygen atoms in total. The highest BCUT2D eigenvalue weighted by Gasteiger charge is 2.20. The van der Waals surface area contributed by atoms with Crippen molar-refractivity contribution >= 4 is 17.5 Å². The van der Waals surface area contributed by atoms with Gasteiger partial charge in [0.15, 0.2) is 5.78 Å². The molecule has 7 heteroatoms. The van der Waals surface area contributed by atoms with Gasteiger partial charge in [0.25, 0.3) is 11.1 Å². The summed E-state index contributed by atoms with van der Waals surface area (Å²) in [7, 11) is 0. The quantitative estimate of drug-likeness (QED) is 0.507. The Labute approximate surface area is 140 Å². The highest BCUT2D eigenvalue weighted by molar-refractivity contribution is 8.00. The van der Waals surface area contributed by atoms with Crippen LogP contribution in [0.25, 0.3) is 11.5 Å². The average molecular weight is 346 g/mol. The van der Waals surface area contributed by atoms with E-state index >= 15 is 0 Å². The molecule has 0 aliphatic heterocycles. The van der Waals surface area contributed by atoms with Crippen molar-refractivity contribution in [2.24, 2.45) is 0 Å². The van der Waals surface area contributed by atoms with Gasteiger partial charge >= 0.3 is 0 Å². The predicted octanol–water partition coefficient (Wildman–Crippen LogP) is 4.38. The van der Waals surface area contributed by atoms with Crippen LogP contribution < -0.4 is 0 Å². The number of hydrogen-bond acceptors (Lipinski definition) is 5. The van der Waals surface area contributed by atoms with Gasteiger partial charge in [-0.2, -0.15) is 0 Å². The number of thioether (sulfide) groups is 1. The largest absolute Gasteiger partial charge is 0.411 e. The van der Waals surface area contributed by atoms with E-state index in [0.717, 1.165) is 11.8 Å². The Morgan fingerprint density at radius 3 is 2.50 bits per heavy atom. The number of aromatic nitrogens is 2. The van der Waals surface area contributed by atoms with Crippen LogP contribution in [0.3, 0.4) is 0 Å². The number of hydrogen-bond donors (Lipinski definition) is 0. The Hall–Kier alpha value is -2.54. The lowest BCUT2D eigenvalue weighted by atomic mass is 10.1. The summed E-state index contributed by atoms with van der Waals surface area (Å²) >= 11 is 1.07. The first kappa shape index (κ1) is 16.3. The number of Topliss-reactive ketones (excluding diaryl/α,β-unsaturated/α-hetero) is 1. The van der Waals surface area contributed by atoms with Crippen molar-refractivity contribution in [1.29, 1.82) is 0 Å². The van der Waals surface area contributed by atoms with Gasteiger partial charge in [-0.1, -0.05) is 23.9 Å². The maximum absolute atomic E-state index is 13.7. The number of halogens is 2. The van der Waals surface area contributed by atoms with Gasteiger partial charge in [-0.25, -0.2) is 8.78 Å². The zero-order valence-electron chi connectivity index (χ0n) is 12.6. The minimum absolute atomic E-state index is 0.0528. The molecule has 0 bridgehead atoms. The third-order valence-corrected chi connectivity index (χ3v) is 4.22. The van der Waals surface area contributed by atoms with E-state index in [2.05, 4.69) is 10.2 Å². The SMILES string of the molecule is C[C@H](Sc1nnc(-c2ccccc2F)o1)C(=O)c1ccc(F)cc1. The average Bonchev–Trinajstić information content (AvgIpc) is 3.03. The lowest BCUT2D eigenvalue weighted by Gasteiger charge is -2.07. The maximum Gasteiger partial charge on any atom is 0.277 e. The number of ketones is 1. The number of benzene rings is 2. The van der Waals surface area contributed by atoms with Crippen LogP contribution in [0.4, 0.5) is 8.78 Å². The minimum Gasteiger partial charge on any atom is -0.411 e. The van der Waals surface area contributed by atoms with Crippen LogP contribution in [-0.4, -0.2) is 21.2 Å². The molecule has 0 saturated heterocycles. The van der Waals surface area contributed by atoms with Gasteiger partial charge in [-0.15, -0.1) is 10.2 Å². The van der Waals surface area contributed by atoms with Crippen LogP contribution in [-0.2, 0) is 0 Å². The van der Waals surface area contributed by atoms with E-state index in [4.69, 9.17) is 4.42 Å². The molecule has 0 fully saturated rings. The van der Waals surface area contributed by atoms with E-state index < -0.39 is 16.9 Å². The van der Waals surface area contributed by atoms with E-state index in [0.29, 0.717) is 5.56 Å². The lowest BCUT2D eigenvalue weighted by Crippen LogP contribution is -2.13. The molecule has 0 amide bonds. The Balaban J connectivity index is 1.73. The molecule has 0 saturated carbocycles. The van der Waals surface area contributed by atoms with Crippen LogP contribution in [0, 0.1) is 11.6 Å². The standard InChI is InChI=1S/C17H12F2N2O2S/c1-10(15(22)11-6-8-12(18)9-7-11)24-17-21-20-16(23-17)13-4-2-3-5-14(13)19/h2-10H,1H3/t10-/m0/s1. The van der Waals surface area contributed by atoms with Crippen molar-refractivity contribution < 1.29 is 18.0 Å². The Kier molecular flexibility index (Phi) is 4.71. The highest BCUT2D eigenvalue weighted by atomic mass is 32.2. The molecule has 1 heterocycles. The summed E-state index contributed by atoms with van der Waals surface area (Å²) in [4.78, 5) is 12.3. The number of carbonyl (C=O) groups excluding carboxylic acids is 1. The van der Waals surface area contributed by atoms with Gasteiger partial charge in [0.05, 0.1) is 10.8 Å². The molecule has 1 atom stereocenters. The topological polar surface area (TPSA) is 56.0 Å². The first-order valence-electron chi connectivity index (χ1n) is 7.09. The summed E-state index contributed by atoms with van der Waals surface area (Å²) in [5.41, 5.74) is 0.597. The van der Waals surface area contributed by atoms with Crippen LogP contribution in [0.15, 0.2) is 58.2 Å². The first-order chi connectivity index (χ1) is 11.5. The molecule has 3 rings (SSSR count). The molecular weight excluding hydrogens is 334 g/mol. The molecule has 1 aromatic heterocycles. The number of carbonyl (C=O) groups is 1. The van der Waals surface area contributed by atoms with Crippen LogP contribution in [0.1, 0.15) is 17.3 Å². The molecule has 24 heavy (non-hydrogen) atoms. The molecule has 0 N–H and O–H groups in total. The molecule has 2 aromatic carbocycles. The van der Waals surface area contributed by atoms with Crippen LogP contribution >= 0.6 is 11.8 Å². The van der Waals surface area contributed by atoms with Crippen molar-refractivity contribution in [3.05, 3.63) is 65.7 Å². The molecule has 0 aliphatic carbocycles. The molecule has 122 valence electrons. The van der Waals surface area contributed by atoms with Gasteiger partial charge < -0.3 is 4.42 Å². The second-order valence-corrected chi connectivity index (χ2v) is 6.28. The van der Waals surface area contributed by atoms with Crippen molar-refractivity contribution in [2.75, 3.05) is 0 Å². The third kappa shape index (κ3) is 3.51. The number of nitrogens with zero attached hydrogens (tertiary/aromatic N) is 2. The van der Waals surface area contributed by atoms with Crippen molar-refractivity contribution in [2.45, 2.75) is 17.4 Å². The highest BCUT2D eigenvalue weighted by Crippen LogP contribution is 2.28. The van der Waals surface area contributed by atoms with E-state index in [-0.39, 0.29) is 22.5 Å². The molecule has 0 aliphatic rings. The van der Waals surface area contributed by atoms with Gasteiger partial charge in [-0.3, -0.25) is 4.79 Å². The van der Waals surface area contributed by atoms with E-state index in [9.17, 15) is 13.6 Å². The molecule has 0 spiro atoms. The number of rotatable bonds is 5. The van der Waals surface area contributed by atoms with Crippen LogP contribution in [0.2, 0.25) is 0 Å². The fourth-order valence-electron chi connectivity index (χ4n) is 2.05. The summed E-state index contributed by atoms with van der Waals surface area (Å²) < 4.78 is 32.0. The maximum atomic E-state index is 13.7. The van der Waals surface area contributed by atoms with E-state index in [1.165, 1.54) is 36.4 Å². The normalized spacial score (nSPS) is 12.1. The predicted molar refractivity (Wildman–Crippen MR) is 85.7 cm³/mol. The van der Waals surface area contributed by atoms with Crippen molar-refractivity contribution in [1.82, 2.24) is 10.2 Å².